The first kappa shape index (κ1) is 17.2. The molecule has 2 N–H and O–H groups in total. The highest BCUT2D eigenvalue weighted by Crippen LogP contribution is 2.28. The second-order valence-corrected chi connectivity index (χ2v) is 6.27. The summed E-state index contributed by atoms with van der Waals surface area (Å²) >= 11 is 0. The number of halogens is 1. The van der Waals surface area contributed by atoms with Gasteiger partial charge < -0.3 is 14.9 Å². The molecule has 0 saturated carbocycles. The lowest BCUT2D eigenvalue weighted by molar-refractivity contribution is -0.122. The molecular weight excluding hydrogens is 320 g/mol. The summed E-state index contributed by atoms with van der Waals surface area (Å²) in [6.07, 6.45) is 1.79. The first-order valence-corrected chi connectivity index (χ1v) is 8.18. The van der Waals surface area contributed by atoms with Crippen LogP contribution >= 0.6 is 0 Å². The van der Waals surface area contributed by atoms with Crippen LogP contribution in [0.15, 0.2) is 60.4 Å². The van der Waals surface area contributed by atoms with E-state index in [1.165, 1.54) is 23.8 Å². The van der Waals surface area contributed by atoms with Crippen LogP contribution in [0.1, 0.15) is 12.0 Å². The standard InChI is InChI=1S/C19H19BFNO3/c1-20(25)22-18(11-16(12-23)19(22)24)9-13-5-7-14(8-6-13)15-3-2-4-17(21)10-15/h2-8,10,12,18,23,25H,9,11H2,1H3/b16-12+/t18-/m1/s1. The smallest absolute Gasteiger partial charge is 0.412 e. The Balaban J connectivity index is 1.78. The summed E-state index contributed by atoms with van der Waals surface area (Å²) in [5, 5.41) is 19.0. The first-order valence-electron chi connectivity index (χ1n) is 8.18. The first-order chi connectivity index (χ1) is 12.0. The molecule has 0 aromatic heterocycles. The Labute approximate surface area is 146 Å². The van der Waals surface area contributed by atoms with Gasteiger partial charge in [-0.05, 0) is 42.1 Å². The van der Waals surface area contributed by atoms with Gasteiger partial charge in [0.25, 0.3) is 0 Å². The van der Waals surface area contributed by atoms with E-state index in [4.69, 9.17) is 0 Å². The van der Waals surface area contributed by atoms with Crippen molar-refractivity contribution in [2.24, 2.45) is 0 Å². The van der Waals surface area contributed by atoms with Crippen molar-refractivity contribution in [2.45, 2.75) is 25.7 Å². The van der Waals surface area contributed by atoms with Gasteiger partial charge >= 0.3 is 7.05 Å². The normalized spacial score (nSPS) is 18.8. The largest absolute Gasteiger partial charge is 0.515 e. The molecule has 4 nitrogen and oxygen atoms in total. The van der Waals surface area contributed by atoms with E-state index in [0.29, 0.717) is 18.4 Å². The molecule has 0 spiro atoms. The van der Waals surface area contributed by atoms with Gasteiger partial charge in [0.1, 0.15) is 5.82 Å². The van der Waals surface area contributed by atoms with E-state index in [0.717, 1.165) is 23.0 Å². The van der Waals surface area contributed by atoms with Gasteiger partial charge in [0, 0.05) is 12.5 Å². The third-order valence-electron chi connectivity index (χ3n) is 4.50. The summed E-state index contributed by atoms with van der Waals surface area (Å²) in [7, 11) is -0.915. The Kier molecular flexibility index (Phi) is 4.90. The molecule has 0 radical (unpaired) electrons. The van der Waals surface area contributed by atoms with E-state index >= 15 is 0 Å². The Bertz CT molecular complexity index is 805. The molecule has 1 aliphatic rings. The number of aliphatic hydroxyl groups excluding tert-OH is 1. The van der Waals surface area contributed by atoms with E-state index in [9.17, 15) is 19.3 Å². The molecule has 1 fully saturated rings. The van der Waals surface area contributed by atoms with Crippen LogP contribution in [0.3, 0.4) is 0 Å². The Morgan fingerprint density at radius 2 is 1.96 bits per heavy atom. The number of amides is 1. The van der Waals surface area contributed by atoms with Crippen LogP contribution < -0.4 is 0 Å². The maximum absolute atomic E-state index is 13.3. The highest BCUT2D eigenvalue weighted by molar-refractivity contribution is 6.50. The number of rotatable bonds is 4. The van der Waals surface area contributed by atoms with Gasteiger partial charge in [-0.15, -0.1) is 0 Å². The second-order valence-electron chi connectivity index (χ2n) is 6.27. The van der Waals surface area contributed by atoms with Crippen LogP contribution in [-0.4, -0.2) is 33.9 Å². The van der Waals surface area contributed by atoms with Gasteiger partial charge in [-0.25, -0.2) is 4.39 Å². The fraction of sp³-hybridized carbons (Fsp3) is 0.211. The highest BCUT2D eigenvalue weighted by atomic mass is 19.1. The molecule has 128 valence electrons. The monoisotopic (exact) mass is 339 g/mol. The van der Waals surface area contributed by atoms with Crippen LogP contribution in [0.4, 0.5) is 4.39 Å². The fourth-order valence-electron chi connectivity index (χ4n) is 3.30. The molecule has 1 heterocycles. The predicted molar refractivity (Wildman–Crippen MR) is 95.3 cm³/mol. The van der Waals surface area contributed by atoms with Crippen LogP contribution in [-0.2, 0) is 11.2 Å². The Morgan fingerprint density at radius 1 is 1.24 bits per heavy atom. The molecule has 2 aromatic rings. The topological polar surface area (TPSA) is 60.8 Å². The molecule has 0 unspecified atom stereocenters. The van der Waals surface area contributed by atoms with E-state index in [2.05, 4.69) is 0 Å². The minimum absolute atomic E-state index is 0.203. The number of aliphatic hydroxyl groups is 1. The molecule has 2 aromatic carbocycles. The number of hydrogen-bond acceptors (Lipinski definition) is 3. The van der Waals surface area contributed by atoms with Gasteiger partial charge in [-0.2, -0.15) is 0 Å². The number of carbonyl (C=O) groups excluding carboxylic acids is 1. The molecule has 3 rings (SSSR count). The summed E-state index contributed by atoms with van der Waals surface area (Å²) < 4.78 is 13.3. The maximum atomic E-state index is 13.3. The van der Waals surface area contributed by atoms with E-state index in [-0.39, 0.29) is 17.8 Å². The average Bonchev–Trinajstić information content (AvgIpc) is 2.91. The molecule has 1 saturated heterocycles. The number of hydrogen-bond donors (Lipinski definition) is 2. The number of carbonyl (C=O) groups is 1. The van der Waals surface area contributed by atoms with Crippen molar-refractivity contribution in [2.75, 3.05) is 0 Å². The SMILES string of the molecule is CB(O)N1C(=O)/C(=C/O)C[C@H]1Cc1ccc(-c2cccc(F)c2)cc1. The average molecular weight is 339 g/mol. The molecule has 1 aliphatic heterocycles. The zero-order valence-electron chi connectivity index (χ0n) is 13.9. The summed E-state index contributed by atoms with van der Waals surface area (Å²) in [6.45, 7) is 1.54. The van der Waals surface area contributed by atoms with Crippen LogP contribution in [0, 0.1) is 5.82 Å². The summed E-state index contributed by atoms with van der Waals surface area (Å²) in [6, 6.07) is 13.9. The van der Waals surface area contributed by atoms with Crippen molar-refractivity contribution in [3.05, 3.63) is 71.7 Å². The van der Waals surface area contributed by atoms with Gasteiger partial charge in [-0.3, -0.25) is 4.79 Å². The van der Waals surface area contributed by atoms with Crippen LogP contribution in [0.25, 0.3) is 11.1 Å². The highest BCUT2D eigenvalue weighted by Gasteiger charge is 2.39. The molecule has 0 bridgehead atoms. The second kappa shape index (κ2) is 7.11. The molecule has 25 heavy (non-hydrogen) atoms. The third kappa shape index (κ3) is 3.59. The van der Waals surface area contributed by atoms with E-state index in [1.807, 2.05) is 30.3 Å². The molecular formula is C19H19BFNO3. The fourth-order valence-corrected chi connectivity index (χ4v) is 3.30. The van der Waals surface area contributed by atoms with Crippen LogP contribution in [0.2, 0.25) is 6.82 Å². The molecule has 0 aliphatic carbocycles. The van der Waals surface area contributed by atoms with Crippen LogP contribution in [0.5, 0.6) is 0 Å². The van der Waals surface area contributed by atoms with E-state index < -0.39 is 7.05 Å². The van der Waals surface area contributed by atoms with Crippen molar-refractivity contribution < 1.29 is 19.3 Å². The van der Waals surface area contributed by atoms with Gasteiger partial charge in [0.2, 0.25) is 5.91 Å². The Morgan fingerprint density at radius 3 is 2.56 bits per heavy atom. The van der Waals surface area contributed by atoms with Gasteiger partial charge in [0.05, 0.1) is 11.8 Å². The summed E-state index contributed by atoms with van der Waals surface area (Å²) in [5.41, 5.74) is 3.03. The van der Waals surface area contributed by atoms with Crippen molar-refractivity contribution in [3.8, 4) is 11.1 Å². The van der Waals surface area contributed by atoms with Gasteiger partial charge in [0.15, 0.2) is 0 Å². The lowest BCUT2D eigenvalue weighted by atomic mass is 9.83. The summed E-state index contributed by atoms with van der Waals surface area (Å²) in [4.78, 5) is 13.5. The van der Waals surface area contributed by atoms with Gasteiger partial charge in [-0.1, -0.05) is 36.4 Å². The number of benzene rings is 2. The maximum Gasteiger partial charge on any atom is 0.412 e. The predicted octanol–water partition coefficient (Wildman–Crippen LogP) is 3.19. The third-order valence-corrected chi connectivity index (χ3v) is 4.50. The molecule has 1 amide bonds. The minimum atomic E-state index is -0.915. The minimum Gasteiger partial charge on any atom is -0.515 e. The van der Waals surface area contributed by atoms with E-state index in [1.54, 1.807) is 6.07 Å². The zero-order chi connectivity index (χ0) is 18.0. The number of nitrogens with zero attached hydrogens (tertiary/aromatic N) is 1. The Hall–Kier alpha value is -2.60. The van der Waals surface area contributed by atoms with Crippen molar-refractivity contribution in [3.63, 3.8) is 0 Å². The zero-order valence-corrected chi connectivity index (χ0v) is 13.9. The summed E-state index contributed by atoms with van der Waals surface area (Å²) in [5.74, 6) is -0.610. The lowest BCUT2D eigenvalue weighted by Crippen LogP contribution is -2.44. The van der Waals surface area contributed by atoms with Crippen molar-refractivity contribution >= 4 is 13.0 Å². The molecule has 6 heteroatoms. The lowest BCUT2D eigenvalue weighted by Gasteiger charge is -2.25. The molecule has 1 atom stereocenters. The van der Waals surface area contributed by atoms with Crippen molar-refractivity contribution in [1.29, 1.82) is 0 Å². The van der Waals surface area contributed by atoms with Crippen molar-refractivity contribution in [1.82, 2.24) is 4.81 Å². The quantitative estimate of drug-likeness (QED) is 0.511.